The number of fused-ring (bicyclic) bond motifs is 1. The molecule has 5 rings (SSSR count). The van der Waals surface area contributed by atoms with Crippen LogP contribution in [0.3, 0.4) is 0 Å². The van der Waals surface area contributed by atoms with Crippen molar-refractivity contribution in [3.8, 4) is 0 Å². The molecule has 31 heavy (non-hydrogen) atoms. The van der Waals surface area contributed by atoms with Gasteiger partial charge >= 0.3 is 0 Å². The highest BCUT2D eigenvalue weighted by atomic mass is 32.2. The van der Waals surface area contributed by atoms with Gasteiger partial charge in [-0.25, -0.2) is 15.0 Å². The molecular formula is C22H27N7S2. The normalized spacial score (nSPS) is 17.3. The van der Waals surface area contributed by atoms with Gasteiger partial charge in [0, 0.05) is 56.5 Å². The van der Waals surface area contributed by atoms with E-state index in [0.29, 0.717) is 0 Å². The molecule has 0 bridgehead atoms. The average molecular weight is 454 g/mol. The summed E-state index contributed by atoms with van der Waals surface area (Å²) >= 11 is 3.76. The summed E-state index contributed by atoms with van der Waals surface area (Å²) in [6.45, 7) is 5.76. The van der Waals surface area contributed by atoms with E-state index in [-0.39, 0.29) is 0 Å². The molecule has 2 fully saturated rings. The zero-order valence-corrected chi connectivity index (χ0v) is 19.2. The molecule has 1 aromatic carbocycles. The van der Waals surface area contributed by atoms with Crippen molar-refractivity contribution in [2.24, 2.45) is 0 Å². The molecule has 0 amide bonds. The SMILES string of the molecule is c1ccc(CCSc2ncnc3c(N4CCSCC4)nc(N4CCNCC4)nc23)cc1. The second-order valence-corrected chi connectivity index (χ2v) is 9.95. The number of anilines is 2. The molecule has 2 saturated heterocycles. The lowest BCUT2D eigenvalue weighted by Crippen LogP contribution is -2.44. The van der Waals surface area contributed by atoms with Crippen molar-refractivity contribution in [2.45, 2.75) is 11.4 Å². The number of nitrogens with one attached hydrogen (secondary N) is 1. The first-order valence-corrected chi connectivity index (χ1v) is 13.0. The molecule has 0 atom stereocenters. The van der Waals surface area contributed by atoms with Crippen LogP contribution in [0.4, 0.5) is 11.8 Å². The minimum Gasteiger partial charge on any atom is -0.353 e. The fourth-order valence-electron chi connectivity index (χ4n) is 3.92. The van der Waals surface area contributed by atoms with Gasteiger partial charge in [-0.2, -0.15) is 16.7 Å². The molecule has 4 heterocycles. The number of aryl methyl sites for hydroxylation is 1. The van der Waals surface area contributed by atoms with Crippen molar-refractivity contribution in [1.29, 1.82) is 0 Å². The van der Waals surface area contributed by atoms with Crippen LogP contribution in [0.2, 0.25) is 0 Å². The van der Waals surface area contributed by atoms with Crippen LogP contribution in [0.25, 0.3) is 11.0 Å². The lowest BCUT2D eigenvalue weighted by Gasteiger charge is -2.31. The number of aromatic nitrogens is 4. The number of rotatable bonds is 6. The van der Waals surface area contributed by atoms with Gasteiger partial charge in [-0.15, -0.1) is 11.8 Å². The quantitative estimate of drug-likeness (QED) is 0.448. The highest BCUT2D eigenvalue weighted by Crippen LogP contribution is 2.32. The Bertz CT molecular complexity index is 1010. The molecule has 7 nitrogen and oxygen atoms in total. The number of piperazine rings is 1. The maximum Gasteiger partial charge on any atom is 0.228 e. The van der Waals surface area contributed by atoms with Gasteiger partial charge in [0.25, 0.3) is 0 Å². The summed E-state index contributed by atoms with van der Waals surface area (Å²) in [5, 5.41) is 4.37. The van der Waals surface area contributed by atoms with Gasteiger partial charge in [-0.05, 0) is 12.0 Å². The van der Waals surface area contributed by atoms with E-state index in [2.05, 4.69) is 55.4 Å². The van der Waals surface area contributed by atoms with Gasteiger partial charge in [0.1, 0.15) is 22.4 Å². The predicted molar refractivity (Wildman–Crippen MR) is 131 cm³/mol. The Morgan fingerprint density at radius 1 is 0.903 bits per heavy atom. The van der Waals surface area contributed by atoms with Gasteiger partial charge < -0.3 is 15.1 Å². The topological polar surface area (TPSA) is 70.1 Å². The van der Waals surface area contributed by atoms with Crippen molar-refractivity contribution in [3.63, 3.8) is 0 Å². The molecule has 1 N–H and O–H groups in total. The zero-order chi connectivity index (χ0) is 20.9. The fraction of sp³-hybridized carbons (Fsp3) is 0.455. The van der Waals surface area contributed by atoms with Crippen molar-refractivity contribution in [1.82, 2.24) is 25.3 Å². The van der Waals surface area contributed by atoms with Crippen LogP contribution >= 0.6 is 23.5 Å². The first-order chi connectivity index (χ1) is 15.4. The van der Waals surface area contributed by atoms with E-state index in [4.69, 9.17) is 9.97 Å². The monoisotopic (exact) mass is 453 g/mol. The van der Waals surface area contributed by atoms with Gasteiger partial charge in [-0.1, -0.05) is 30.3 Å². The number of benzene rings is 1. The van der Waals surface area contributed by atoms with Crippen molar-refractivity contribution >= 4 is 46.3 Å². The van der Waals surface area contributed by atoms with Crippen LogP contribution in [-0.4, -0.2) is 76.5 Å². The zero-order valence-electron chi connectivity index (χ0n) is 17.5. The molecule has 0 radical (unpaired) electrons. The highest BCUT2D eigenvalue weighted by Gasteiger charge is 2.23. The Morgan fingerprint density at radius 3 is 2.52 bits per heavy atom. The van der Waals surface area contributed by atoms with Crippen LogP contribution in [0, 0.1) is 0 Å². The molecule has 2 aromatic heterocycles. The van der Waals surface area contributed by atoms with Crippen molar-refractivity contribution in [2.75, 3.05) is 66.3 Å². The molecule has 9 heteroatoms. The summed E-state index contributed by atoms with van der Waals surface area (Å²) in [6, 6.07) is 10.6. The molecule has 2 aliphatic heterocycles. The molecule has 0 aliphatic carbocycles. The van der Waals surface area contributed by atoms with Crippen LogP contribution in [0.15, 0.2) is 41.7 Å². The fourth-order valence-corrected chi connectivity index (χ4v) is 5.75. The van der Waals surface area contributed by atoms with Gasteiger partial charge in [-0.3, -0.25) is 0 Å². The van der Waals surface area contributed by atoms with E-state index < -0.39 is 0 Å². The standard InChI is InChI=1S/C22H27N7S2/c1-2-4-17(5-3-1)6-13-31-21-19-18(24-16-25-21)20(28-11-14-30-15-12-28)27-22(26-19)29-9-7-23-8-10-29/h1-5,16,23H,6-15H2. The maximum absolute atomic E-state index is 5.02. The van der Waals surface area contributed by atoms with E-state index in [1.165, 1.54) is 5.56 Å². The van der Waals surface area contributed by atoms with E-state index in [0.717, 1.165) is 90.8 Å². The number of nitrogens with zero attached hydrogens (tertiary/aromatic N) is 6. The second kappa shape index (κ2) is 10.0. The number of hydrogen-bond acceptors (Lipinski definition) is 9. The van der Waals surface area contributed by atoms with Crippen LogP contribution in [0.5, 0.6) is 0 Å². The first kappa shape index (κ1) is 20.8. The Hall–Kier alpha value is -2.10. The lowest BCUT2D eigenvalue weighted by atomic mass is 10.2. The number of thioether (sulfide) groups is 2. The van der Waals surface area contributed by atoms with Gasteiger partial charge in [0.2, 0.25) is 5.95 Å². The van der Waals surface area contributed by atoms with Crippen molar-refractivity contribution in [3.05, 3.63) is 42.2 Å². The molecule has 0 spiro atoms. The Balaban J connectivity index is 1.48. The smallest absolute Gasteiger partial charge is 0.228 e. The summed E-state index contributed by atoms with van der Waals surface area (Å²) in [5.41, 5.74) is 3.11. The second-order valence-electron chi connectivity index (χ2n) is 7.64. The van der Waals surface area contributed by atoms with Gasteiger partial charge in [0.15, 0.2) is 5.82 Å². The average Bonchev–Trinajstić information content (AvgIpc) is 2.85. The van der Waals surface area contributed by atoms with Gasteiger partial charge in [0.05, 0.1) is 0 Å². The van der Waals surface area contributed by atoms with Crippen LogP contribution < -0.4 is 15.1 Å². The summed E-state index contributed by atoms with van der Waals surface area (Å²) in [6.07, 6.45) is 2.67. The summed E-state index contributed by atoms with van der Waals surface area (Å²) in [7, 11) is 0. The minimum absolute atomic E-state index is 0.807. The molecular weight excluding hydrogens is 426 g/mol. The highest BCUT2D eigenvalue weighted by molar-refractivity contribution is 7.99. The largest absolute Gasteiger partial charge is 0.353 e. The van der Waals surface area contributed by atoms with Crippen LogP contribution in [0.1, 0.15) is 5.56 Å². The third-order valence-electron chi connectivity index (χ3n) is 5.60. The molecule has 3 aromatic rings. The maximum atomic E-state index is 5.02. The van der Waals surface area contributed by atoms with E-state index in [1.807, 2.05) is 11.8 Å². The summed E-state index contributed by atoms with van der Waals surface area (Å²) in [4.78, 5) is 23.9. The Labute approximate surface area is 191 Å². The lowest BCUT2D eigenvalue weighted by molar-refractivity contribution is 0.580. The third kappa shape index (κ3) is 4.88. The van der Waals surface area contributed by atoms with Crippen molar-refractivity contribution < 1.29 is 0 Å². The molecule has 2 aliphatic rings. The first-order valence-electron chi connectivity index (χ1n) is 10.9. The molecule has 0 saturated carbocycles. The van der Waals surface area contributed by atoms with E-state index in [9.17, 15) is 0 Å². The summed E-state index contributed by atoms with van der Waals surface area (Å²) in [5.74, 6) is 4.97. The van der Waals surface area contributed by atoms with Crippen LogP contribution in [-0.2, 0) is 6.42 Å². The molecule has 0 unspecified atom stereocenters. The minimum atomic E-state index is 0.807. The molecule has 162 valence electrons. The third-order valence-corrected chi connectivity index (χ3v) is 7.52. The Morgan fingerprint density at radius 2 is 1.71 bits per heavy atom. The summed E-state index contributed by atoms with van der Waals surface area (Å²) < 4.78 is 0. The predicted octanol–water partition coefficient (Wildman–Crippen LogP) is 2.72. The Kier molecular flexibility index (Phi) is 6.71. The van der Waals surface area contributed by atoms with E-state index >= 15 is 0 Å². The number of hydrogen-bond donors (Lipinski definition) is 1. The van der Waals surface area contributed by atoms with E-state index in [1.54, 1.807) is 18.1 Å².